The Morgan fingerprint density at radius 1 is 1.35 bits per heavy atom. The second kappa shape index (κ2) is 6.57. The van der Waals surface area contributed by atoms with E-state index in [9.17, 15) is 14.7 Å². The third-order valence-corrected chi connectivity index (χ3v) is 4.21. The zero-order valence-corrected chi connectivity index (χ0v) is 12.5. The van der Waals surface area contributed by atoms with Gasteiger partial charge in [-0.1, -0.05) is 13.8 Å². The number of aliphatic hydroxyl groups excluding tert-OH is 1. The number of carbonyl (C=O) groups is 2. The van der Waals surface area contributed by atoms with Crippen molar-refractivity contribution in [2.45, 2.75) is 58.1 Å². The standard InChI is InChI=1S/C15H26N2O3/c1-10(2)8-17-9-11(7-14(17)19)15(20)16-12-3-5-13(18)6-4-12/h10-13,18H,3-9H2,1-2H3,(H,16,20). The molecule has 1 saturated heterocycles. The van der Waals surface area contributed by atoms with E-state index in [0.717, 1.165) is 32.2 Å². The van der Waals surface area contributed by atoms with Gasteiger partial charge in [-0.25, -0.2) is 0 Å². The van der Waals surface area contributed by atoms with Gasteiger partial charge in [0.25, 0.3) is 0 Å². The predicted molar refractivity (Wildman–Crippen MR) is 75.9 cm³/mol. The molecular formula is C15H26N2O3. The van der Waals surface area contributed by atoms with Crippen LogP contribution in [-0.2, 0) is 9.59 Å². The van der Waals surface area contributed by atoms with Crippen LogP contribution in [0.25, 0.3) is 0 Å². The molecule has 0 aromatic carbocycles. The highest BCUT2D eigenvalue weighted by Crippen LogP contribution is 2.22. The molecule has 2 N–H and O–H groups in total. The molecule has 2 fully saturated rings. The van der Waals surface area contributed by atoms with E-state index < -0.39 is 0 Å². The molecule has 0 aromatic heterocycles. The van der Waals surface area contributed by atoms with Gasteiger partial charge in [-0.2, -0.15) is 0 Å². The van der Waals surface area contributed by atoms with E-state index in [0.29, 0.717) is 18.9 Å². The molecule has 5 nitrogen and oxygen atoms in total. The van der Waals surface area contributed by atoms with Crippen LogP contribution in [0.4, 0.5) is 0 Å². The Hall–Kier alpha value is -1.10. The third kappa shape index (κ3) is 3.95. The summed E-state index contributed by atoms with van der Waals surface area (Å²) in [6.07, 6.45) is 3.32. The zero-order valence-electron chi connectivity index (χ0n) is 12.5. The van der Waals surface area contributed by atoms with E-state index >= 15 is 0 Å². The van der Waals surface area contributed by atoms with Crippen molar-refractivity contribution in [3.05, 3.63) is 0 Å². The number of nitrogens with zero attached hydrogens (tertiary/aromatic N) is 1. The summed E-state index contributed by atoms with van der Waals surface area (Å²) >= 11 is 0. The molecule has 20 heavy (non-hydrogen) atoms. The molecule has 1 heterocycles. The van der Waals surface area contributed by atoms with Gasteiger partial charge >= 0.3 is 0 Å². The van der Waals surface area contributed by atoms with Gasteiger partial charge in [0.1, 0.15) is 0 Å². The van der Waals surface area contributed by atoms with Gasteiger partial charge in [0.05, 0.1) is 12.0 Å². The van der Waals surface area contributed by atoms with E-state index in [1.54, 1.807) is 4.90 Å². The van der Waals surface area contributed by atoms with E-state index in [4.69, 9.17) is 0 Å². The van der Waals surface area contributed by atoms with E-state index in [1.807, 2.05) is 0 Å². The molecule has 5 heteroatoms. The molecule has 0 spiro atoms. The Morgan fingerprint density at radius 2 is 2.00 bits per heavy atom. The van der Waals surface area contributed by atoms with Crippen LogP contribution in [0.2, 0.25) is 0 Å². The average Bonchev–Trinajstić information content (AvgIpc) is 2.73. The van der Waals surface area contributed by atoms with Crippen LogP contribution in [0.1, 0.15) is 46.0 Å². The van der Waals surface area contributed by atoms with Gasteiger partial charge < -0.3 is 15.3 Å². The second-order valence-electron chi connectivity index (χ2n) is 6.61. The number of rotatable bonds is 4. The fourth-order valence-electron chi connectivity index (χ4n) is 3.10. The fourth-order valence-corrected chi connectivity index (χ4v) is 3.10. The fraction of sp³-hybridized carbons (Fsp3) is 0.867. The molecule has 1 aliphatic heterocycles. The van der Waals surface area contributed by atoms with E-state index in [1.165, 1.54) is 0 Å². The lowest BCUT2D eigenvalue weighted by Crippen LogP contribution is -2.42. The number of hydrogen-bond acceptors (Lipinski definition) is 3. The van der Waals surface area contributed by atoms with Gasteiger partial charge in [-0.05, 0) is 31.6 Å². The van der Waals surface area contributed by atoms with Crippen LogP contribution in [-0.4, -0.2) is 47.1 Å². The molecule has 0 radical (unpaired) electrons. The minimum atomic E-state index is -0.210. The first kappa shape index (κ1) is 15.3. The van der Waals surface area contributed by atoms with Crippen molar-refractivity contribution in [1.29, 1.82) is 0 Å². The lowest BCUT2D eigenvalue weighted by atomic mass is 9.92. The molecule has 114 valence electrons. The first-order valence-corrected chi connectivity index (χ1v) is 7.72. The molecule has 2 aliphatic rings. The third-order valence-electron chi connectivity index (χ3n) is 4.21. The Labute approximate surface area is 120 Å². The Bertz CT molecular complexity index is 362. The topological polar surface area (TPSA) is 69.6 Å². The van der Waals surface area contributed by atoms with Gasteiger partial charge in [-0.15, -0.1) is 0 Å². The quantitative estimate of drug-likeness (QED) is 0.805. The lowest BCUT2D eigenvalue weighted by Gasteiger charge is -2.27. The zero-order chi connectivity index (χ0) is 14.7. The second-order valence-corrected chi connectivity index (χ2v) is 6.61. The maximum atomic E-state index is 12.2. The molecular weight excluding hydrogens is 256 g/mol. The summed E-state index contributed by atoms with van der Waals surface area (Å²) in [6, 6.07) is 0.167. The highest BCUT2D eigenvalue weighted by molar-refractivity contribution is 5.89. The van der Waals surface area contributed by atoms with Crippen LogP contribution in [0.5, 0.6) is 0 Å². The summed E-state index contributed by atoms with van der Waals surface area (Å²) in [7, 11) is 0. The maximum absolute atomic E-state index is 12.2. The minimum absolute atomic E-state index is 0.00555. The van der Waals surface area contributed by atoms with Crippen molar-refractivity contribution >= 4 is 11.8 Å². The molecule has 2 rings (SSSR count). The first-order valence-electron chi connectivity index (χ1n) is 7.72. The van der Waals surface area contributed by atoms with Crippen molar-refractivity contribution in [2.24, 2.45) is 11.8 Å². The molecule has 1 atom stereocenters. The summed E-state index contributed by atoms with van der Waals surface area (Å²) in [4.78, 5) is 25.9. The number of carbonyl (C=O) groups excluding carboxylic acids is 2. The predicted octanol–water partition coefficient (Wildman–Crippen LogP) is 0.911. The summed E-state index contributed by atoms with van der Waals surface area (Å²) in [6.45, 7) is 5.44. The van der Waals surface area contributed by atoms with Crippen molar-refractivity contribution in [3.8, 4) is 0 Å². The molecule has 1 aliphatic carbocycles. The van der Waals surface area contributed by atoms with Crippen molar-refractivity contribution in [2.75, 3.05) is 13.1 Å². The summed E-state index contributed by atoms with van der Waals surface area (Å²) in [5, 5.41) is 12.5. The Kier molecular flexibility index (Phi) is 5.02. The van der Waals surface area contributed by atoms with E-state index in [2.05, 4.69) is 19.2 Å². The maximum Gasteiger partial charge on any atom is 0.225 e. The average molecular weight is 282 g/mol. The van der Waals surface area contributed by atoms with Crippen LogP contribution < -0.4 is 5.32 Å². The number of nitrogens with one attached hydrogen (secondary N) is 1. The molecule has 1 unspecified atom stereocenters. The highest BCUT2D eigenvalue weighted by Gasteiger charge is 2.35. The molecule has 2 amide bonds. The van der Waals surface area contributed by atoms with Crippen LogP contribution in [0.15, 0.2) is 0 Å². The van der Waals surface area contributed by atoms with Gasteiger partial charge in [0.15, 0.2) is 0 Å². The van der Waals surface area contributed by atoms with Crippen molar-refractivity contribution in [1.82, 2.24) is 10.2 Å². The highest BCUT2D eigenvalue weighted by atomic mass is 16.3. The number of likely N-dealkylation sites (tertiary alicyclic amines) is 1. The first-order chi connectivity index (χ1) is 9.45. The summed E-state index contributed by atoms with van der Waals surface area (Å²) < 4.78 is 0. The SMILES string of the molecule is CC(C)CN1CC(C(=O)NC2CCC(O)CC2)CC1=O. The van der Waals surface area contributed by atoms with E-state index in [-0.39, 0.29) is 29.9 Å². The van der Waals surface area contributed by atoms with Gasteiger partial charge in [0, 0.05) is 25.6 Å². The number of amides is 2. The summed E-state index contributed by atoms with van der Waals surface area (Å²) in [5.74, 6) is 0.331. The molecule has 0 aromatic rings. The van der Waals surface area contributed by atoms with Crippen LogP contribution in [0, 0.1) is 11.8 Å². The minimum Gasteiger partial charge on any atom is -0.393 e. The number of hydrogen-bond donors (Lipinski definition) is 2. The van der Waals surface area contributed by atoms with Gasteiger partial charge in [0.2, 0.25) is 11.8 Å². The van der Waals surface area contributed by atoms with Gasteiger partial charge in [-0.3, -0.25) is 9.59 Å². The molecule has 0 bridgehead atoms. The number of aliphatic hydroxyl groups is 1. The van der Waals surface area contributed by atoms with Crippen molar-refractivity contribution in [3.63, 3.8) is 0 Å². The van der Waals surface area contributed by atoms with Crippen LogP contribution in [0.3, 0.4) is 0 Å². The lowest BCUT2D eigenvalue weighted by molar-refractivity contribution is -0.129. The Balaban J connectivity index is 1.80. The van der Waals surface area contributed by atoms with Crippen LogP contribution >= 0.6 is 0 Å². The summed E-state index contributed by atoms with van der Waals surface area (Å²) in [5.41, 5.74) is 0. The largest absolute Gasteiger partial charge is 0.393 e. The monoisotopic (exact) mass is 282 g/mol. The smallest absolute Gasteiger partial charge is 0.225 e. The molecule has 1 saturated carbocycles. The normalized spacial score (nSPS) is 30.9. The van der Waals surface area contributed by atoms with Crippen molar-refractivity contribution < 1.29 is 14.7 Å². The Morgan fingerprint density at radius 3 is 2.60 bits per heavy atom.